The zero-order chi connectivity index (χ0) is 13.1. The number of hydrogen-bond donors (Lipinski definition) is 1. The Kier molecular flexibility index (Phi) is 3.57. The van der Waals surface area contributed by atoms with Gasteiger partial charge in [-0.15, -0.1) is 11.3 Å². The molecule has 18 heavy (non-hydrogen) atoms. The van der Waals surface area contributed by atoms with Gasteiger partial charge in [0.1, 0.15) is 12.4 Å². The zero-order valence-corrected chi connectivity index (χ0v) is 10.5. The smallest absolute Gasteiger partial charge is 0.338 e. The third-order valence-electron chi connectivity index (χ3n) is 2.17. The highest BCUT2D eigenvalue weighted by Gasteiger charge is 2.10. The first-order valence-corrected chi connectivity index (χ1v) is 6.07. The van der Waals surface area contributed by atoms with E-state index in [0.29, 0.717) is 5.69 Å². The van der Waals surface area contributed by atoms with Crippen LogP contribution in [0.1, 0.15) is 21.1 Å². The molecule has 2 rings (SSSR count). The number of nitrogen functional groups attached to an aromatic ring is 1. The Morgan fingerprint density at radius 3 is 2.89 bits per heavy atom. The lowest BCUT2D eigenvalue weighted by atomic mass is 10.2. The molecular weight excluding hydrogens is 255 g/mol. The van der Waals surface area contributed by atoms with Crippen molar-refractivity contribution in [1.29, 1.82) is 0 Å². The van der Waals surface area contributed by atoms with Crippen molar-refractivity contribution in [3.05, 3.63) is 45.7 Å². The SMILES string of the molecule is Cc1nc(COC(=O)c2cc(N)cc(F)c2)cs1. The van der Waals surface area contributed by atoms with E-state index in [9.17, 15) is 9.18 Å². The van der Waals surface area contributed by atoms with Gasteiger partial charge in [-0.2, -0.15) is 0 Å². The third-order valence-corrected chi connectivity index (χ3v) is 3.00. The first-order valence-electron chi connectivity index (χ1n) is 5.19. The van der Waals surface area contributed by atoms with E-state index in [1.54, 1.807) is 0 Å². The van der Waals surface area contributed by atoms with E-state index >= 15 is 0 Å². The van der Waals surface area contributed by atoms with Gasteiger partial charge in [0.25, 0.3) is 0 Å². The molecule has 1 aromatic heterocycles. The van der Waals surface area contributed by atoms with Crippen LogP contribution in [0.2, 0.25) is 0 Å². The van der Waals surface area contributed by atoms with Crippen molar-refractivity contribution in [3.63, 3.8) is 0 Å². The molecule has 0 amide bonds. The van der Waals surface area contributed by atoms with Crippen LogP contribution >= 0.6 is 11.3 Å². The summed E-state index contributed by atoms with van der Waals surface area (Å²) in [6, 6.07) is 3.60. The molecule has 2 aromatic rings. The molecule has 0 saturated heterocycles. The number of benzene rings is 1. The maximum absolute atomic E-state index is 13.1. The number of ether oxygens (including phenoxy) is 1. The molecule has 0 unspecified atom stereocenters. The number of thiazole rings is 1. The van der Waals surface area contributed by atoms with Gasteiger partial charge in [-0.05, 0) is 25.1 Å². The van der Waals surface area contributed by atoms with E-state index in [1.807, 2.05) is 12.3 Å². The maximum Gasteiger partial charge on any atom is 0.338 e. The quantitative estimate of drug-likeness (QED) is 0.685. The molecule has 0 aliphatic heterocycles. The molecule has 0 radical (unpaired) electrons. The summed E-state index contributed by atoms with van der Waals surface area (Å²) < 4.78 is 18.1. The summed E-state index contributed by atoms with van der Waals surface area (Å²) in [7, 11) is 0. The van der Waals surface area contributed by atoms with Crippen LogP contribution in [0.5, 0.6) is 0 Å². The Morgan fingerprint density at radius 1 is 1.50 bits per heavy atom. The molecule has 0 fully saturated rings. The van der Waals surface area contributed by atoms with Crippen molar-refractivity contribution in [1.82, 2.24) is 4.98 Å². The van der Waals surface area contributed by atoms with E-state index in [4.69, 9.17) is 10.5 Å². The van der Waals surface area contributed by atoms with Crippen LogP contribution in [0.4, 0.5) is 10.1 Å². The van der Waals surface area contributed by atoms with Gasteiger partial charge in [0, 0.05) is 11.1 Å². The first kappa shape index (κ1) is 12.5. The Hall–Kier alpha value is -1.95. The minimum atomic E-state index is -0.619. The lowest BCUT2D eigenvalue weighted by Gasteiger charge is -2.04. The Balaban J connectivity index is 2.03. The third kappa shape index (κ3) is 3.04. The minimum absolute atomic E-state index is 0.0690. The van der Waals surface area contributed by atoms with Gasteiger partial charge in [-0.3, -0.25) is 0 Å². The van der Waals surface area contributed by atoms with E-state index in [-0.39, 0.29) is 17.9 Å². The number of esters is 1. The van der Waals surface area contributed by atoms with Gasteiger partial charge >= 0.3 is 5.97 Å². The normalized spacial score (nSPS) is 10.3. The fourth-order valence-corrected chi connectivity index (χ4v) is 2.02. The topological polar surface area (TPSA) is 65.2 Å². The van der Waals surface area contributed by atoms with Crippen LogP contribution in [-0.2, 0) is 11.3 Å². The summed E-state index contributed by atoms with van der Waals surface area (Å²) in [6.45, 7) is 1.93. The van der Waals surface area contributed by atoms with E-state index in [1.165, 1.54) is 17.4 Å². The monoisotopic (exact) mass is 266 g/mol. The number of rotatable bonds is 3. The molecule has 0 saturated carbocycles. The van der Waals surface area contributed by atoms with Crippen molar-refractivity contribution in [2.75, 3.05) is 5.73 Å². The molecule has 0 aliphatic carbocycles. The van der Waals surface area contributed by atoms with Crippen molar-refractivity contribution >= 4 is 23.0 Å². The zero-order valence-electron chi connectivity index (χ0n) is 9.64. The highest BCUT2D eigenvalue weighted by molar-refractivity contribution is 7.09. The van der Waals surface area contributed by atoms with E-state index < -0.39 is 11.8 Å². The number of aromatic nitrogens is 1. The number of carbonyl (C=O) groups excluding carboxylic acids is 1. The number of anilines is 1. The fraction of sp³-hybridized carbons (Fsp3) is 0.167. The Morgan fingerprint density at radius 2 is 2.28 bits per heavy atom. The number of halogens is 1. The van der Waals surface area contributed by atoms with Crippen molar-refractivity contribution in [3.8, 4) is 0 Å². The van der Waals surface area contributed by atoms with Gasteiger partial charge < -0.3 is 10.5 Å². The number of nitrogens with two attached hydrogens (primary N) is 1. The first-order chi connectivity index (χ1) is 8.54. The second kappa shape index (κ2) is 5.14. The van der Waals surface area contributed by atoms with Gasteiger partial charge in [-0.1, -0.05) is 0 Å². The molecule has 0 aliphatic rings. The summed E-state index contributed by atoms with van der Waals surface area (Å²) in [5.74, 6) is -1.18. The highest BCUT2D eigenvalue weighted by Crippen LogP contribution is 2.14. The molecule has 1 heterocycles. The van der Waals surface area contributed by atoms with Crippen LogP contribution in [-0.4, -0.2) is 11.0 Å². The second-order valence-electron chi connectivity index (χ2n) is 3.71. The van der Waals surface area contributed by atoms with Gasteiger partial charge in [0.05, 0.1) is 16.3 Å². The summed E-state index contributed by atoms with van der Waals surface area (Å²) in [4.78, 5) is 15.8. The number of nitrogens with zero attached hydrogens (tertiary/aromatic N) is 1. The van der Waals surface area contributed by atoms with Crippen LogP contribution in [0.3, 0.4) is 0 Å². The lowest BCUT2D eigenvalue weighted by Crippen LogP contribution is -2.06. The van der Waals surface area contributed by atoms with Crippen molar-refractivity contribution < 1.29 is 13.9 Å². The standard InChI is InChI=1S/C12H11FN2O2S/c1-7-15-11(6-18-7)5-17-12(16)8-2-9(13)4-10(14)3-8/h2-4,6H,5,14H2,1H3. The number of aryl methyl sites for hydroxylation is 1. The average Bonchev–Trinajstić information content (AvgIpc) is 2.70. The summed E-state index contributed by atoms with van der Waals surface area (Å²) in [5.41, 5.74) is 6.41. The molecule has 94 valence electrons. The van der Waals surface area contributed by atoms with Crippen LogP contribution in [0.25, 0.3) is 0 Å². The summed E-state index contributed by atoms with van der Waals surface area (Å²) in [6.07, 6.45) is 0. The Labute approximate surface area is 107 Å². The molecule has 4 nitrogen and oxygen atoms in total. The fourth-order valence-electron chi connectivity index (χ4n) is 1.43. The largest absolute Gasteiger partial charge is 0.456 e. The molecule has 0 spiro atoms. The van der Waals surface area contributed by atoms with Crippen molar-refractivity contribution in [2.45, 2.75) is 13.5 Å². The predicted molar refractivity (Wildman–Crippen MR) is 66.8 cm³/mol. The maximum atomic E-state index is 13.1. The van der Waals surface area contributed by atoms with Gasteiger partial charge in [0.15, 0.2) is 0 Å². The van der Waals surface area contributed by atoms with E-state index in [0.717, 1.165) is 17.1 Å². The molecule has 2 N–H and O–H groups in total. The van der Waals surface area contributed by atoms with Crippen molar-refractivity contribution in [2.24, 2.45) is 0 Å². The van der Waals surface area contributed by atoms with Crippen LogP contribution < -0.4 is 5.73 Å². The highest BCUT2D eigenvalue weighted by atomic mass is 32.1. The predicted octanol–water partition coefficient (Wildman–Crippen LogP) is 2.53. The number of carbonyl (C=O) groups is 1. The summed E-state index contributed by atoms with van der Waals surface area (Å²) in [5, 5.41) is 2.71. The molecule has 1 aromatic carbocycles. The lowest BCUT2D eigenvalue weighted by molar-refractivity contribution is 0.0468. The number of hydrogen-bond acceptors (Lipinski definition) is 5. The van der Waals surface area contributed by atoms with Gasteiger partial charge in [0.2, 0.25) is 0 Å². The van der Waals surface area contributed by atoms with Crippen LogP contribution in [0, 0.1) is 12.7 Å². The van der Waals surface area contributed by atoms with Crippen LogP contribution in [0.15, 0.2) is 23.6 Å². The molecule has 6 heteroatoms. The minimum Gasteiger partial charge on any atom is -0.456 e. The molecule has 0 atom stereocenters. The second-order valence-corrected chi connectivity index (χ2v) is 4.77. The molecule has 0 bridgehead atoms. The Bertz CT molecular complexity index is 563. The summed E-state index contributed by atoms with van der Waals surface area (Å²) >= 11 is 1.47. The van der Waals surface area contributed by atoms with E-state index in [2.05, 4.69) is 4.98 Å². The molecular formula is C12H11FN2O2S. The average molecular weight is 266 g/mol. The van der Waals surface area contributed by atoms with Gasteiger partial charge in [-0.25, -0.2) is 14.2 Å².